The van der Waals surface area contributed by atoms with Crippen molar-refractivity contribution in [3.05, 3.63) is 310 Å². The van der Waals surface area contributed by atoms with Gasteiger partial charge in [0, 0.05) is 44.7 Å². The van der Waals surface area contributed by atoms with Gasteiger partial charge >= 0.3 is 0 Å². The van der Waals surface area contributed by atoms with Gasteiger partial charge in [-0.1, -0.05) is 209 Å². The molecular formula is C82H62N2O. The first kappa shape index (κ1) is 49.6. The highest BCUT2D eigenvalue weighted by Crippen LogP contribution is 2.64. The summed E-state index contributed by atoms with van der Waals surface area (Å²) in [6, 6.07) is 93.9. The van der Waals surface area contributed by atoms with Crippen LogP contribution >= 0.6 is 0 Å². The average Bonchev–Trinajstić information content (AvgIpc) is 1.55. The fourth-order valence-corrected chi connectivity index (χ4v) is 15.9. The van der Waals surface area contributed by atoms with Gasteiger partial charge in [-0.05, 0) is 205 Å². The van der Waals surface area contributed by atoms with Crippen LogP contribution in [-0.2, 0) is 16.2 Å². The number of anilines is 6. The van der Waals surface area contributed by atoms with Crippen molar-refractivity contribution in [1.29, 1.82) is 0 Å². The van der Waals surface area contributed by atoms with E-state index >= 15 is 0 Å². The lowest BCUT2D eigenvalue weighted by molar-refractivity contribution is 0.659. The van der Waals surface area contributed by atoms with Crippen molar-refractivity contribution in [3.63, 3.8) is 0 Å². The standard InChI is InChI=1S/C82H62N2O/c1-49-27-37-62-64-40-34-55(46-73(64)80(4,5)71(62)43-49)83(56-35-41-65-63-38-28-50(2)44-72(63)81(6,7)74(65)47-56)54-33-39-58(51(3)45-54)52-29-31-53(32-30-52)84(76-24-16-26-78-79(76)67-20-11-15-25-77(67)85-78)57-36-42-66-61-19-10-14-23-70(61)82(75(66)48-57)68-21-12-8-17-59(68)60-18-9-13-22-69(60)82/h8-48H,1-7H3. The second-order valence-electron chi connectivity index (χ2n) is 25.4. The number of aryl methyl sites for hydroxylation is 3. The third kappa shape index (κ3) is 6.90. The summed E-state index contributed by atoms with van der Waals surface area (Å²) in [7, 11) is 0. The molecule has 0 fully saturated rings. The number of hydrogen-bond donors (Lipinski definition) is 0. The Hall–Kier alpha value is -9.96. The van der Waals surface area contributed by atoms with Gasteiger partial charge in [0.05, 0.1) is 16.5 Å². The number of fused-ring (bicyclic) bond motifs is 19. The number of hydrogen-bond acceptors (Lipinski definition) is 3. The molecule has 406 valence electrons. The normalized spacial score (nSPS) is 14.6. The zero-order chi connectivity index (χ0) is 57.3. The zero-order valence-electron chi connectivity index (χ0n) is 49.0. The fraction of sp³-hybridized carbons (Fsp3) is 0.122. The van der Waals surface area contributed by atoms with E-state index in [4.69, 9.17) is 4.42 Å². The van der Waals surface area contributed by atoms with Crippen molar-refractivity contribution in [2.24, 2.45) is 0 Å². The Labute approximate surface area is 497 Å². The molecule has 12 aromatic carbocycles. The van der Waals surface area contributed by atoms with Gasteiger partial charge in [-0.25, -0.2) is 0 Å². The van der Waals surface area contributed by atoms with Crippen LogP contribution in [0.2, 0.25) is 0 Å². The van der Waals surface area contributed by atoms with E-state index in [1.807, 2.05) is 0 Å². The molecule has 0 unspecified atom stereocenters. The van der Waals surface area contributed by atoms with Gasteiger partial charge < -0.3 is 14.2 Å². The molecule has 0 N–H and O–H groups in total. The van der Waals surface area contributed by atoms with Gasteiger partial charge in [0.2, 0.25) is 0 Å². The van der Waals surface area contributed by atoms with E-state index in [1.165, 1.54) is 111 Å². The molecule has 0 atom stereocenters. The minimum Gasteiger partial charge on any atom is -0.456 e. The van der Waals surface area contributed by atoms with Crippen molar-refractivity contribution < 1.29 is 4.42 Å². The smallest absolute Gasteiger partial charge is 0.137 e. The third-order valence-corrected chi connectivity index (χ3v) is 19.9. The molecular weight excluding hydrogens is 1030 g/mol. The third-order valence-electron chi connectivity index (χ3n) is 19.9. The second kappa shape index (κ2) is 17.8. The second-order valence-corrected chi connectivity index (χ2v) is 25.4. The average molecular weight is 1090 g/mol. The van der Waals surface area contributed by atoms with Crippen molar-refractivity contribution in [3.8, 4) is 55.6 Å². The molecule has 4 aliphatic carbocycles. The van der Waals surface area contributed by atoms with E-state index in [-0.39, 0.29) is 10.8 Å². The summed E-state index contributed by atoms with van der Waals surface area (Å²) in [6.45, 7) is 16.2. The molecule has 13 aromatic rings. The summed E-state index contributed by atoms with van der Waals surface area (Å²) in [4.78, 5) is 4.95. The first-order valence-electron chi connectivity index (χ1n) is 30.1. The number of nitrogens with zero attached hydrogens (tertiary/aromatic N) is 2. The summed E-state index contributed by atoms with van der Waals surface area (Å²) in [6.07, 6.45) is 0. The predicted molar refractivity (Wildman–Crippen MR) is 354 cm³/mol. The Morgan fingerprint density at radius 3 is 1.24 bits per heavy atom. The molecule has 4 aliphatic rings. The highest BCUT2D eigenvalue weighted by molar-refractivity contribution is 6.13. The van der Waals surface area contributed by atoms with E-state index in [2.05, 4.69) is 307 Å². The Morgan fingerprint density at radius 1 is 0.294 bits per heavy atom. The quantitative estimate of drug-likeness (QED) is 0.159. The molecule has 1 spiro atoms. The Bertz CT molecular complexity index is 4830. The topological polar surface area (TPSA) is 19.6 Å². The molecule has 3 heteroatoms. The van der Waals surface area contributed by atoms with Crippen molar-refractivity contribution in [2.75, 3.05) is 9.80 Å². The number of rotatable bonds is 7. The van der Waals surface area contributed by atoms with Crippen LogP contribution in [-0.4, -0.2) is 0 Å². The maximum absolute atomic E-state index is 6.62. The lowest BCUT2D eigenvalue weighted by atomic mass is 9.70. The lowest BCUT2D eigenvalue weighted by Crippen LogP contribution is -2.26. The minimum absolute atomic E-state index is 0.152. The number of furan rings is 1. The largest absolute Gasteiger partial charge is 0.456 e. The molecule has 0 radical (unpaired) electrons. The first-order chi connectivity index (χ1) is 41.4. The summed E-state index contributed by atoms with van der Waals surface area (Å²) in [5.41, 5.74) is 35.0. The number of benzene rings is 12. The van der Waals surface area contributed by atoms with E-state index in [0.717, 1.165) is 61.6 Å². The number of para-hydroxylation sites is 1. The molecule has 17 rings (SSSR count). The molecule has 1 heterocycles. The van der Waals surface area contributed by atoms with E-state index in [1.54, 1.807) is 0 Å². The lowest BCUT2D eigenvalue weighted by Gasteiger charge is -2.32. The predicted octanol–water partition coefficient (Wildman–Crippen LogP) is 22.1. The van der Waals surface area contributed by atoms with Gasteiger partial charge in [-0.3, -0.25) is 0 Å². The summed E-state index contributed by atoms with van der Waals surface area (Å²) in [5, 5.41) is 2.18. The minimum atomic E-state index is -0.483. The molecule has 0 aliphatic heterocycles. The van der Waals surface area contributed by atoms with Crippen LogP contribution in [0.5, 0.6) is 0 Å². The molecule has 0 saturated heterocycles. The van der Waals surface area contributed by atoms with Crippen LogP contribution in [0.3, 0.4) is 0 Å². The van der Waals surface area contributed by atoms with Crippen LogP contribution in [0.15, 0.2) is 253 Å². The highest BCUT2D eigenvalue weighted by atomic mass is 16.3. The maximum atomic E-state index is 6.62. The van der Waals surface area contributed by atoms with E-state index in [9.17, 15) is 0 Å². The van der Waals surface area contributed by atoms with Gasteiger partial charge in [-0.2, -0.15) is 0 Å². The van der Waals surface area contributed by atoms with Crippen molar-refractivity contribution >= 4 is 56.1 Å². The first-order valence-corrected chi connectivity index (χ1v) is 30.1. The molecule has 0 amide bonds. The monoisotopic (exact) mass is 1090 g/mol. The molecule has 0 saturated carbocycles. The fourth-order valence-electron chi connectivity index (χ4n) is 15.9. The Kier molecular flexibility index (Phi) is 10.4. The van der Waals surface area contributed by atoms with Gasteiger partial charge in [0.15, 0.2) is 0 Å². The van der Waals surface area contributed by atoms with E-state index in [0.29, 0.717) is 0 Å². The molecule has 0 bridgehead atoms. The Balaban J connectivity index is 0.801. The maximum Gasteiger partial charge on any atom is 0.137 e. The zero-order valence-corrected chi connectivity index (χ0v) is 49.0. The molecule has 1 aromatic heterocycles. The molecule has 85 heavy (non-hydrogen) atoms. The van der Waals surface area contributed by atoms with Gasteiger partial charge in [0.25, 0.3) is 0 Å². The van der Waals surface area contributed by atoms with Crippen LogP contribution < -0.4 is 9.80 Å². The highest BCUT2D eigenvalue weighted by Gasteiger charge is 2.52. The Morgan fingerprint density at radius 2 is 0.694 bits per heavy atom. The van der Waals surface area contributed by atoms with E-state index < -0.39 is 5.41 Å². The van der Waals surface area contributed by atoms with Crippen molar-refractivity contribution in [1.82, 2.24) is 0 Å². The van der Waals surface area contributed by atoms with Gasteiger partial charge in [-0.15, -0.1) is 0 Å². The van der Waals surface area contributed by atoms with Crippen LogP contribution in [0, 0.1) is 20.8 Å². The van der Waals surface area contributed by atoms with Crippen LogP contribution in [0.4, 0.5) is 34.1 Å². The van der Waals surface area contributed by atoms with Crippen LogP contribution in [0.25, 0.3) is 77.6 Å². The van der Waals surface area contributed by atoms with Crippen LogP contribution in [0.1, 0.15) is 88.9 Å². The molecule has 3 nitrogen and oxygen atoms in total. The SMILES string of the molecule is Cc1ccc2c(c1)C(C)(C)c1cc(N(c3ccc(-c4ccc(N(c5ccc6c(c5)C5(c7ccccc7-c7ccccc75)c5ccccc5-6)c5cccc6oc7ccccc7c56)cc4)c(C)c3)c3ccc4c(c3)C(C)(C)c3cc(C)ccc3-4)ccc1-2. The van der Waals surface area contributed by atoms with Gasteiger partial charge in [0.1, 0.15) is 11.2 Å². The summed E-state index contributed by atoms with van der Waals surface area (Å²) < 4.78 is 6.62. The summed E-state index contributed by atoms with van der Waals surface area (Å²) in [5.74, 6) is 0. The van der Waals surface area contributed by atoms with Crippen molar-refractivity contribution in [2.45, 2.75) is 64.7 Å². The summed E-state index contributed by atoms with van der Waals surface area (Å²) >= 11 is 0.